The molecule has 0 aliphatic heterocycles. The van der Waals surface area contributed by atoms with Crippen LogP contribution in [0.2, 0.25) is 5.02 Å². The fourth-order valence-corrected chi connectivity index (χ4v) is 1.93. The van der Waals surface area contributed by atoms with Crippen molar-refractivity contribution in [3.63, 3.8) is 0 Å². The maximum atomic E-state index is 11.7. The third kappa shape index (κ3) is 4.34. The lowest BCUT2D eigenvalue weighted by molar-refractivity contribution is -0.121. The third-order valence-electron chi connectivity index (χ3n) is 2.87. The lowest BCUT2D eigenvalue weighted by Crippen LogP contribution is -2.25. The van der Waals surface area contributed by atoms with Gasteiger partial charge in [-0.2, -0.15) is 5.10 Å². The summed E-state index contributed by atoms with van der Waals surface area (Å²) in [6.07, 6.45) is 6.81. The number of nitrogens with one attached hydrogen (secondary N) is 1. The fourth-order valence-electron chi connectivity index (χ4n) is 1.78. The Morgan fingerprint density at radius 1 is 1.50 bits per heavy atom. The highest BCUT2D eigenvalue weighted by Gasteiger charge is 2.05. The molecular formula is C12H17ClN6O. The molecule has 2 aromatic heterocycles. The minimum atomic E-state index is 0.0199. The molecule has 2 heterocycles. The molecule has 0 aliphatic carbocycles. The van der Waals surface area contributed by atoms with Crippen molar-refractivity contribution in [3.05, 3.63) is 29.6 Å². The summed E-state index contributed by atoms with van der Waals surface area (Å²) in [4.78, 5) is 11.7. The van der Waals surface area contributed by atoms with Gasteiger partial charge in [-0.1, -0.05) is 11.6 Å². The third-order valence-corrected chi connectivity index (χ3v) is 3.06. The van der Waals surface area contributed by atoms with Gasteiger partial charge in [0.1, 0.15) is 12.2 Å². The second-order valence-electron chi connectivity index (χ2n) is 4.48. The molecule has 1 N–H and O–H groups in total. The van der Waals surface area contributed by atoms with Crippen LogP contribution in [-0.2, 0) is 24.8 Å². The van der Waals surface area contributed by atoms with Gasteiger partial charge in [0, 0.05) is 39.2 Å². The quantitative estimate of drug-likeness (QED) is 0.767. The molecule has 0 fully saturated rings. The van der Waals surface area contributed by atoms with Crippen LogP contribution in [-0.4, -0.2) is 37.0 Å². The Kier molecular flexibility index (Phi) is 5.11. The molecule has 0 saturated carbocycles. The van der Waals surface area contributed by atoms with E-state index in [1.165, 1.54) is 0 Å². The molecule has 0 spiro atoms. The molecule has 8 heteroatoms. The molecule has 2 aromatic rings. The summed E-state index contributed by atoms with van der Waals surface area (Å²) in [7, 11) is 1.86. The lowest BCUT2D eigenvalue weighted by Gasteiger charge is -2.05. The number of nitrogens with zero attached hydrogens (tertiary/aromatic N) is 5. The first-order valence-electron chi connectivity index (χ1n) is 6.42. The van der Waals surface area contributed by atoms with Crippen molar-refractivity contribution in [1.82, 2.24) is 29.9 Å². The van der Waals surface area contributed by atoms with Crippen molar-refractivity contribution < 1.29 is 4.79 Å². The van der Waals surface area contributed by atoms with Gasteiger partial charge in [0.15, 0.2) is 0 Å². The van der Waals surface area contributed by atoms with Crippen LogP contribution in [0.25, 0.3) is 0 Å². The van der Waals surface area contributed by atoms with E-state index in [1.807, 2.05) is 11.6 Å². The summed E-state index contributed by atoms with van der Waals surface area (Å²) in [6.45, 7) is 1.35. The molecule has 0 atom stereocenters. The normalized spacial score (nSPS) is 10.7. The predicted octanol–water partition coefficient (Wildman–Crippen LogP) is 0.804. The molecule has 2 rings (SSSR count). The van der Waals surface area contributed by atoms with Crippen LogP contribution < -0.4 is 5.32 Å². The minimum absolute atomic E-state index is 0.0199. The van der Waals surface area contributed by atoms with E-state index in [4.69, 9.17) is 11.6 Å². The van der Waals surface area contributed by atoms with Crippen molar-refractivity contribution in [2.75, 3.05) is 6.54 Å². The van der Waals surface area contributed by atoms with E-state index in [-0.39, 0.29) is 5.91 Å². The number of carbonyl (C=O) groups is 1. The summed E-state index contributed by atoms with van der Waals surface area (Å²) in [5.41, 5.74) is 0. The van der Waals surface area contributed by atoms with Gasteiger partial charge in [0.25, 0.3) is 0 Å². The number of carbonyl (C=O) groups excluding carboxylic acids is 1. The van der Waals surface area contributed by atoms with Crippen LogP contribution in [0.1, 0.15) is 18.7 Å². The predicted molar refractivity (Wildman–Crippen MR) is 74.2 cm³/mol. The number of aromatic nitrogens is 5. The second kappa shape index (κ2) is 7.04. The van der Waals surface area contributed by atoms with Crippen molar-refractivity contribution in [2.45, 2.75) is 25.8 Å². The number of aryl methyl sites for hydroxylation is 3. The van der Waals surface area contributed by atoms with Gasteiger partial charge in [0.05, 0.1) is 11.2 Å². The Morgan fingerprint density at radius 3 is 3.00 bits per heavy atom. The van der Waals surface area contributed by atoms with Crippen molar-refractivity contribution in [3.8, 4) is 0 Å². The first-order chi connectivity index (χ1) is 9.65. The zero-order chi connectivity index (χ0) is 14.4. The number of hydrogen-bond acceptors (Lipinski definition) is 4. The van der Waals surface area contributed by atoms with Gasteiger partial charge in [-0.3, -0.25) is 9.48 Å². The molecular weight excluding hydrogens is 280 g/mol. The summed E-state index contributed by atoms with van der Waals surface area (Å²) in [6, 6.07) is 0. The Labute approximate surface area is 121 Å². The summed E-state index contributed by atoms with van der Waals surface area (Å²) in [5, 5.41) is 15.3. The Hall–Kier alpha value is -1.89. The molecule has 7 nitrogen and oxygen atoms in total. The molecule has 0 radical (unpaired) electrons. The Bertz CT molecular complexity index is 564. The first-order valence-corrected chi connectivity index (χ1v) is 6.80. The summed E-state index contributed by atoms with van der Waals surface area (Å²) in [5.74, 6) is 0.831. The monoisotopic (exact) mass is 296 g/mol. The van der Waals surface area contributed by atoms with E-state index in [9.17, 15) is 4.79 Å². The Balaban J connectivity index is 1.59. The highest BCUT2D eigenvalue weighted by Crippen LogP contribution is 2.04. The van der Waals surface area contributed by atoms with Crippen molar-refractivity contribution >= 4 is 17.5 Å². The van der Waals surface area contributed by atoms with Crippen LogP contribution in [0, 0.1) is 0 Å². The highest BCUT2D eigenvalue weighted by atomic mass is 35.5. The first kappa shape index (κ1) is 14.5. The van der Waals surface area contributed by atoms with Gasteiger partial charge < -0.3 is 9.88 Å². The highest BCUT2D eigenvalue weighted by molar-refractivity contribution is 6.30. The van der Waals surface area contributed by atoms with Crippen molar-refractivity contribution in [2.24, 2.45) is 7.05 Å². The summed E-state index contributed by atoms with van der Waals surface area (Å²) < 4.78 is 3.57. The van der Waals surface area contributed by atoms with E-state index in [0.717, 1.165) is 18.8 Å². The van der Waals surface area contributed by atoms with E-state index in [1.54, 1.807) is 23.4 Å². The molecule has 108 valence electrons. The van der Waals surface area contributed by atoms with Gasteiger partial charge in [-0.25, -0.2) is 0 Å². The van der Waals surface area contributed by atoms with Crippen LogP contribution >= 0.6 is 11.6 Å². The summed E-state index contributed by atoms with van der Waals surface area (Å²) >= 11 is 5.76. The van der Waals surface area contributed by atoms with Gasteiger partial charge in [0.2, 0.25) is 5.91 Å². The number of amides is 1. The van der Waals surface area contributed by atoms with Crippen LogP contribution in [0.4, 0.5) is 0 Å². The van der Waals surface area contributed by atoms with Gasteiger partial charge in [-0.05, 0) is 6.42 Å². The van der Waals surface area contributed by atoms with E-state index in [0.29, 0.717) is 24.4 Å². The number of rotatable bonds is 7. The van der Waals surface area contributed by atoms with Gasteiger partial charge >= 0.3 is 0 Å². The average molecular weight is 297 g/mol. The fraction of sp³-hybridized carbons (Fsp3) is 0.500. The van der Waals surface area contributed by atoms with Crippen LogP contribution in [0.3, 0.4) is 0 Å². The molecule has 0 aliphatic rings. The standard InChI is InChI=1S/C12H17ClN6O/c1-18-9-15-17-11(18)3-4-12(20)14-5-2-6-19-8-10(13)7-16-19/h7-9H,2-6H2,1H3,(H,14,20). The molecule has 0 saturated heterocycles. The maximum absolute atomic E-state index is 11.7. The van der Waals surface area contributed by atoms with Crippen LogP contribution in [0.5, 0.6) is 0 Å². The molecule has 0 aromatic carbocycles. The Morgan fingerprint density at radius 2 is 2.35 bits per heavy atom. The van der Waals surface area contributed by atoms with Crippen LogP contribution in [0.15, 0.2) is 18.7 Å². The SMILES string of the molecule is Cn1cnnc1CCC(=O)NCCCn1cc(Cl)cn1. The topological polar surface area (TPSA) is 77.6 Å². The van der Waals surface area contributed by atoms with E-state index < -0.39 is 0 Å². The smallest absolute Gasteiger partial charge is 0.220 e. The molecule has 1 amide bonds. The maximum Gasteiger partial charge on any atom is 0.220 e. The zero-order valence-electron chi connectivity index (χ0n) is 11.3. The van der Waals surface area contributed by atoms with Gasteiger partial charge in [-0.15, -0.1) is 10.2 Å². The number of hydrogen-bond donors (Lipinski definition) is 1. The lowest BCUT2D eigenvalue weighted by atomic mass is 10.3. The molecule has 20 heavy (non-hydrogen) atoms. The van der Waals surface area contributed by atoms with Crippen molar-refractivity contribution in [1.29, 1.82) is 0 Å². The molecule has 0 bridgehead atoms. The second-order valence-corrected chi connectivity index (χ2v) is 4.92. The minimum Gasteiger partial charge on any atom is -0.356 e. The van der Waals surface area contributed by atoms with E-state index in [2.05, 4.69) is 20.6 Å². The van der Waals surface area contributed by atoms with E-state index >= 15 is 0 Å². The average Bonchev–Trinajstić information content (AvgIpc) is 3.01. The largest absolute Gasteiger partial charge is 0.356 e. The molecule has 0 unspecified atom stereocenters. The number of halogens is 1. The zero-order valence-corrected chi connectivity index (χ0v) is 12.0.